The zero-order valence-electron chi connectivity index (χ0n) is 10.7. The number of thioether (sulfide) groups is 1. The van der Waals surface area contributed by atoms with E-state index in [1.165, 1.54) is 30.0 Å². The Balaban J connectivity index is 2.26. The van der Waals surface area contributed by atoms with Crippen LogP contribution in [0, 0.1) is 0 Å². The maximum atomic E-state index is 12.6. The molecule has 0 bridgehead atoms. The predicted octanol–water partition coefficient (Wildman–Crippen LogP) is 5.49. The van der Waals surface area contributed by atoms with E-state index in [1.54, 1.807) is 0 Å². The average Bonchev–Trinajstić information content (AvgIpc) is 2.45. The van der Waals surface area contributed by atoms with Gasteiger partial charge >= 0.3 is 6.18 Å². The van der Waals surface area contributed by atoms with E-state index in [1.807, 2.05) is 30.3 Å². The standard InChI is InChI=1S/C15H10BrF3OS/c16-11-6-7-12(14(20)15(17,18)19)13(8-11)21-9-10-4-2-1-3-5-10/h1-8H,9H2. The fourth-order valence-electron chi connectivity index (χ4n) is 1.69. The number of carbonyl (C=O) groups is 1. The van der Waals surface area contributed by atoms with Gasteiger partial charge in [-0.3, -0.25) is 4.79 Å². The van der Waals surface area contributed by atoms with Crippen molar-refractivity contribution in [2.45, 2.75) is 16.8 Å². The van der Waals surface area contributed by atoms with Gasteiger partial charge in [-0.2, -0.15) is 13.2 Å². The number of ketones is 1. The van der Waals surface area contributed by atoms with E-state index >= 15 is 0 Å². The second-order valence-corrected chi connectivity index (χ2v) is 6.17. The largest absolute Gasteiger partial charge is 0.454 e. The Labute approximate surface area is 132 Å². The van der Waals surface area contributed by atoms with Gasteiger partial charge < -0.3 is 0 Å². The van der Waals surface area contributed by atoms with Crippen molar-refractivity contribution >= 4 is 33.5 Å². The van der Waals surface area contributed by atoms with Crippen molar-refractivity contribution in [2.75, 3.05) is 0 Å². The van der Waals surface area contributed by atoms with Gasteiger partial charge in [0.15, 0.2) is 0 Å². The molecule has 0 aliphatic carbocycles. The molecule has 2 aromatic rings. The molecule has 0 saturated carbocycles. The number of alkyl halides is 3. The van der Waals surface area contributed by atoms with E-state index in [-0.39, 0.29) is 5.56 Å². The van der Waals surface area contributed by atoms with Crippen molar-refractivity contribution in [3.05, 3.63) is 64.1 Å². The molecule has 0 atom stereocenters. The minimum atomic E-state index is -4.87. The highest BCUT2D eigenvalue weighted by Crippen LogP contribution is 2.33. The normalized spacial score (nSPS) is 11.4. The molecule has 0 amide bonds. The summed E-state index contributed by atoms with van der Waals surface area (Å²) >= 11 is 4.42. The SMILES string of the molecule is O=C(c1ccc(Br)cc1SCc1ccccc1)C(F)(F)F. The monoisotopic (exact) mass is 374 g/mol. The van der Waals surface area contributed by atoms with Crippen LogP contribution in [0.3, 0.4) is 0 Å². The van der Waals surface area contributed by atoms with Gasteiger partial charge in [0.1, 0.15) is 0 Å². The van der Waals surface area contributed by atoms with Gasteiger partial charge in [-0.05, 0) is 23.8 Å². The van der Waals surface area contributed by atoms with Crippen LogP contribution in [0.1, 0.15) is 15.9 Å². The molecule has 110 valence electrons. The lowest BCUT2D eigenvalue weighted by Crippen LogP contribution is -2.23. The van der Waals surface area contributed by atoms with Gasteiger partial charge in [-0.25, -0.2) is 0 Å². The number of rotatable bonds is 4. The van der Waals surface area contributed by atoms with Gasteiger partial charge in [0.2, 0.25) is 0 Å². The van der Waals surface area contributed by atoms with Gasteiger partial charge in [0.05, 0.1) is 0 Å². The summed E-state index contributed by atoms with van der Waals surface area (Å²) in [6, 6.07) is 13.5. The highest BCUT2D eigenvalue weighted by atomic mass is 79.9. The lowest BCUT2D eigenvalue weighted by Gasteiger charge is -2.11. The summed E-state index contributed by atoms with van der Waals surface area (Å²) in [6.07, 6.45) is -4.87. The molecule has 0 aliphatic heterocycles. The van der Waals surface area contributed by atoms with Crippen molar-refractivity contribution in [3.8, 4) is 0 Å². The van der Waals surface area contributed by atoms with Crippen molar-refractivity contribution in [2.24, 2.45) is 0 Å². The third kappa shape index (κ3) is 4.35. The summed E-state index contributed by atoms with van der Waals surface area (Å²) in [5, 5.41) is 0. The average molecular weight is 375 g/mol. The summed E-state index contributed by atoms with van der Waals surface area (Å²) in [7, 11) is 0. The molecule has 0 N–H and O–H groups in total. The van der Waals surface area contributed by atoms with E-state index in [9.17, 15) is 18.0 Å². The molecule has 0 radical (unpaired) electrons. The third-order valence-corrected chi connectivity index (χ3v) is 4.30. The Kier molecular flexibility index (Phi) is 5.11. The van der Waals surface area contributed by atoms with E-state index in [4.69, 9.17) is 0 Å². The van der Waals surface area contributed by atoms with Gasteiger partial charge in [-0.1, -0.05) is 46.3 Å². The third-order valence-electron chi connectivity index (χ3n) is 2.68. The fraction of sp³-hybridized carbons (Fsp3) is 0.133. The molecular weight excluding hydrogens is 365 g/mol. The Morgan fingerprint density at radius 2 is 1.76 bits per heavy atom. The van der Waals surface area contributed by atoms with Crippen LogP contribution in [0.15, 0.2) is 57.9 Å². The molecule has 2 rings (SSSR count). The first-order valence-electron chi connectivity index (χ1n) is 5.96. The molecule has 0 unspecified atom stereocenters. The predicted molar refractivity (Wildman–Crippen MR) is 80.5 cm³/mol. The molecular formula is C15H10BrF3OS. The fourth-order valence-corrected chi connectivity index (χ4v) is 3.24. The summed E-state index contributed by atoms with van der Waals surface area (Å²) in [6.45, 7) is 0. The molecule has 0 fully saturated rings. The maximum Gasteiger partial charge on any atom is 0.454 e. The zero-order valence-corrected chi connectivity index (χ0v) is 13.1. The van der Waals surface area contributed by atoms with Crippen LogP contribution in [0.2, 0.25) is 0 Å². The molecule has 0 spiro atoms. The van der Waals surface area contributed by atoms with Crippen LogP contribution in [0.4, 0.5) is 13.2 Å². The minimum Gasteiger partial charge on any atom is -0.284 e. The molecule has 0 aliphatic rings. The van der Waals surface area contributed by atoms with Gasteiger partial charge in [0, 0.05) is 20.7 Å². The summed E-state index contributed by atoms with van der Waals surface area (Å²) in [5.74, 6) is -1.32. The van der Waals surface area contributed by atoms with Gasteiger partial charge in [-0.15, -0.1) is 11.8 Å². The topological polar surface area (TPSA) is 17.1 Å². The molecule has 1 nitrogen and oxygen atoms in total. The Hall–Kier alpha value is -1.27. The van der Waals surface area contributed by atoms with Gasteiger partial charge in [0.25, 0.3) is 5.78 Å². The first-order chi connectivity index (χ1) is 9.88. The number of carbonyl (C=O) groups excluding carboxylic acids is 1. The first kappa shape index (κ1) is 16.1. The minimum absolute atomic E-state index is 0.313. The van der Waals surface area contributed by atoms with Crippen molar-refractivity contribution in [3.63, 3.8) is 0 Å². The van der Waals surface area contributed by atoms with E-state index in [0.717, 1.165) is 5.56 Å². The number of hydrogen-bond acceptors (Lipinski definition) is 2. The zero-order chi connectivity index (χ0) is 15.5. The molecule has 0 saturated heterocycles. The molecule has 0 heterocycles. The van der Waals surface area contributed by atoms with Crippen LogP contribution >= 0.6 is 27.7 Å². The second-order valence-electron chi connectivity index (χ2n) is 4.24. The quantitative estimate of drug-likeness (QED) is 0.520. The summed E-state index contributed by atoms with van der Waals surface area (Å²) < 4.78 is 38.5. The van der Waals surface area contributed by atoms with Crippen molar-refractivity contribution in [1.82, 2.24) is 0 Å². The number of halogens is 4. The Morgan fingerprint density at radius 1 is 1.10 bits per heavy atom. The lowest BCUT2D eigenvalue weighted by molar-refractivity contribution is -0.0887. The highest BCUT2D eigenvalue weighted by molar-refractivity contribution is 9.10. The number of Topliss-reactive ketones (excluding diaryl/α,β-unsaturated/α-hetero) is 1. The number of hydrogen-bond donors (Lipinski definition) is 0. The first-order valence-corrected chi connectivity index (χ1v) is 7.73. The Morgan fingerprint density at radius 3 is 2.38 bits per heavy atom. The summed E-state index contributed by atoms with van der Waals surface area (Å²) in [5.41, 5.74) is 0.666. The van der Waals surface area contributed by atoms with E-state index in [0.29, 0.717) is 15.1 Å². The smallest absolute Gasteiger partial charge is 0.284 e. The van der Waals surface area contributed by atoms with Crippen molar-refractivity contribution < 1.29 is 18.0 Å². The van der Waals surface area contributed by atoms with Crippen LogP contribution in [-0.2, 0) is 5.75 Å². The maximum absolute atomic E-state index is 12.6. The molecule has 6 heteroatoms. The van der Waals surface area contributed by atoms with Crippen LogP contribution in [-0.4, -0.2) is 12.0 Å². The molecule has 2 aromatic carbocycles. The van der Waals surface area contributed by atoms with Crippen LogP contribution in [0.5, 0.6) is 0 Å². The molecule has 21 heavy (non-hydrogen) atoms. The Bertz CT molecular complexity index is 641. The van der Waals surface area contributed by atoms with Crippen LogP contribution in [0.25, 0.3) is 0 Å². The van der Waals surface area contributed by atoms with E-state index < -0.39 is 12.0 Å². The summed E-state index contributed by atoms with van der Waals surface area (Å²) in [4.78, 5) is 11.8. The lowest BCUT2D eigenvalue weighted by atomic mass is 10.1. The van der Waals surface area contributed by atoms with E-state index in [2.05, 4.69) is 15.9 Å². The molecule has 0 aromatic heterocycles. The second kappa shape index (κ2) is 6.66. The van der Waals surface area contributed by atoms with Crippen LogP contribution < -0.4 is 0 Å². The highest BCUT2D eigenvalue weighted by Gasteiger charge is 2.40. The number of benzene rings is 2. The van der Waals surface area contributed by atoms with Crippen molar-refractivity contribution in [1.29, 1.82) is 0 Å².